The average Bonchev–Trinajstić information content (AvgIpc) is 3.34. The summed E-state index contributed by atoms with van der Waals surface area (Å²) in [6.45, 7) is 1.66. The standard InChI is InChI=1S/C19H21NO5S/c1-24-17-8-14(7-15(9-17)19(22)23)18(21)20(10-13-4-6-26-12-13)11-16-3-2-5-25-16/h4,6-9,12,16H,2-3,5,10-11H2,1H3,(H,22,23)/t16-/m1/s1. The Hall–Kier alpha value is -2.38. The minimum Gasteiger partial charge on any atom is -0.497 e. The van der Waals surface area contributed by atoms with Crippen molar-refractivity contribution in [2.75, 3.05) is 20.3 Å². The van der Waals surface area contributed by atoms with Crippen LogP contribution in [0.4, 0.5) is 0 Å². The van der Waals surface area contributed by atoms with E-state index in [9.17, 15) is 14.7 Å². The number of carbonyl (C=O) groups excluding carboxylic acids is 1. The molecular formula is C19H21NO5S. The molecule has 1 aliphatic rings. The van der Waals surface area contributed by atoms with Crippen molar-refractivity contribution < 1.29 is 24.2 Å². The number of thiophene rings is 1. The van der Waals surface area contributed by atoms with Gasteiger partial charge in [-0.2, -0.15) is 11.3 Å². The Morgan fingerprint density at radius 2 is 2.15 bits per heavy atom. The smallest absolute Gasteiger partial charge is 0.335 e. The number of amides is 1. The number of carboxylic acids is 1. The van der Waals surface area contributed by atoms with Gasteiger partial charge in [-0.15, -0.1) is 0 Å². The second kappa shape index (κ2) is 8.33. The minimum absolute atomic E-state index is 0.0159. The summed E-state index contributed by atoms with van der Waals surface area (Å²) in [5.41, 5.74) is 1.37. The summed E-state index contributed by atoms with van der Waals surface area (Å²) in [6, 6.07) is 6.35. The van der Waals surface area contributed by atoms with Crippen molar-refractivity contribution in [3.63, 3.8) is 0 Å². The van der Waals surface area contributed by atoms with E-state index in [0.717, 1.165) is 18.4 Å². The fourth-order valence-electron chi connectivity index (χ4n) is 3.00. The van der Waals surface area contributed by atoms with Gasteiger partial charge in [-0.05, 0) is 53.4 Å². The number of carboxylic acid groups (broad SMARTS) is 1. The molecule has 2 heterocycles. The molecule has 6 nitrogen and oxygen atoms in total. The lowest BCUT2D eigenvalue weighted by Gasteiger charge is -2.25. The molecule has 0 unspecified atom stereocenters. The summed E-state index contributed by atoms with van der Waals surface area (Å²) in [4.78, 5) is 26.2. The molecule has 1 saturated heterocycles. The van der Waals surface area contributed by atoms with Crippen molar-refractivity contribution in [1.82, 2.24) is 4.90 Å². The first-order valence-corrected chi connectivity index (χ1v) is 9.35. The molecule has 1 amide bonds. The van der Waals surface area contributed by atoms with Crippen LogP contribution in [-0.2, 0) is 11.3 Å². The van der Waals surface area contributed by atoms with Crippen LogP contribution in [-0.4, -0.2) is 48.2 Å². The van der Waals surface area contributed by atoms with E-state index >= 15 is 0 Å². The van der Waals surface area contributed by atoms with Crippen molar-refractivity contribution in [1.29, 1.82) is 0 Å². The van der Waals surface area contributed by atoms with E-state index in [1.807, 2.05) is 16.8 Å². The van der Waals surface area contributed by atoms with Gasteiger partial charge < -0.3 is 19.5 Å². The number of methoxy groups -OCH3 is 1. The predicted molar refractivity (Wildman–Crippen MR) is 98.0 cm³/mol. The quantitative estimate of drug-likeness (QED) is 0.804. The summed E-state index contributed by atoms with van der Waals surface area (Å²) in [5.74, 6) is -0.976. The van der Waals surface area contributed by atoms with Crippen molar-refractivity contribution in [2.24, 2.45) is 0 Å². The third kappa shape index (κ3) is 4.42. The number of benzene rings is 1. The predicted octanol–water partition coefficient (Wildman–Crippen LogP) is 3.28. The number of nitrogens with zero attached hydrogens (tertiary/aromatic N) is 1. The monoisotopic (exact) mass is 375 g/mol. The van der Waals surface area contributed by atoms with Crippen LogP contribution >= 0.6 is 11.3 Å². The molecule has 0 spiro atoms. The Kier molecular flexibility index (Phi) is 5.90. The normalized spacial score (nSPS) is 16.4. The van der Waals surface area contributed by atoms with Crippen LogP contribution in [0.1, 0.15) is 39.1 Å². The Bertz CT molecular complexity index is 768. The summed E-state index contributed by atoms with van der Waals surface area (Å²) < 4.78 is 10.8. The van der Waals surface area contributed by atoms with Gasteiger partial charge in [0.2, 0.25) is 0 Å². The molecule has 1 N–H and O–H groups in total. The number of hydrogen-bond acceptors (Lipinski definition) is 5. The zero-order chi connectivity index (χ0) is 18.5. The topological polar surface area (TPSA) is 76.1 Å². The van der Waals surface area contributed by atoms with Gasteiger partial charge in [-0.1, -0.05) is 0 Å². The highest BCUT2D eigenvalue weighted by atomic mass is 32.1. The van der Waals surface area contributed by atoms with Gasteiger partial charge in [0.25, 0.3) is 5.91 Å². The van der Waals surface area contributed by atoms with Crippen LogP contribution in [0.3, 0.4) is 0 Å². The number of ether oxygens (including phenoxy) is 2. The lowest BCUT2D eigenvalue weighted by Crippen LogP contribution is -2.37. The molecule has 1 aliphatic heterocycles. The summed E-state index contributed by atoms with van der Waals surface area (Å²) in [5, 5.41) is 13.3. The van der Waals surface area contributed by atoms with E-state index in [2.05, 4.69) is 0 Å². The van der Waals surface area contributed by atoms with E-state index in [1.54, 1.807) is 22.3 Å². The van der Waals surface area contributed by atoms with Crippen LogP contribution in [0.25, 0.3) is 0 Å². The zero-order valence-corrected chi connectivity index (χ0v) is 15.3. The van der Waals surface area contributed by atoms with Gasteiger partial charge in [-0.3, -0.25) is 4.79 Å². The molecule has 0 saturated carbocycles. The van der Waals surface area contributed by atoms with E-state index in [0.29, 0.717) is 31.0 Å². The number of carbonyl (C=O) groups is 2. The molecule has 3 rings (SSSR count). The Morgan fingerprint density at radius 3 is 2.77 bits per heavy atom. The van der Waals surface area contributed by atoms with E-state index in [1.165, 1.54) is 19.2 Å². The van der Waals surface area contributed by atoms with Gasteiger partial charge in [0.1, 0.15) is 5.75 Å². The van der Waals surface area contributed by atoms with Gasteiger partial charge in [-0.25, -0.2) is 4.79 Å². The van der Waals surface area contributed by atoms with Crippen LogP contribution < -0.4 is 4.74 Å². The third-order valence-corrected chi connectivity index (χ3v) is 5.06. The van der Waals surface area contributed by atoms with Crippen molar-refractivity contribution in [2.45, 2.75) is 25.5 Å². The molecule has 26 heavy (non-hydrogen) atoms. The first-order valence-electron chi connectivity index (χ1n) is 8.41. The SMILES string of the molecule is COc1cc(C(=O)O)cc(C(=O)N(Cc2ccsc2)C[C@H]2CCCO2)c1. The van der Waals surface area contributed by atoms with Crippen molar-refractivity contribution in [3.05, 3.63) is 51.7 Å². The third-order valence-electron chi connectivity index (χ3n) is 4.32. The van der Waals surface area contributed by atoms with E-state index in [-0.39, 0.29) is 17.6 Å². The van der Waals surface area contributed by atoms with Crippen LogP contribution in [0, 0.1) is 0 Å². The molecular weight excluding hydrogens is 354 g/mol. The van der Waals surface area contributed by atoms with Gasteiger partial charge >= 0.3 is 5.97 Å². The first-order chi connectivity index (χ1) is 12.6. The Labute approximate surface area is 156 Å². The van der Waals surface area contributed by atoms with E-state index in [4.69, 9.17) is 9.47 Å². The molecule has 0 radical (unpaired) electrons. The molecule has 1 fully saturated rings. The Morgan fingerprint density at radius 1 is 1.35 bits per heavy atom. The number of aromatic carboxylic acids is 1. The fraction of sp³-hybridized carbons (Fsp3) is 0.368. The molecule has 138 valence electrons. The van der Waals surface area contributed by atoms with E-state index < -0.39 is 5.97 Å². The lowest BCUT2D eigenvalue weighted by atomic mass is 10.1. The van der Waals surface area contributed by atoms with Crippen molar-refractivity contribution in [3.8, 4) is 5.75 Å². The van der Waals surface area contributed by atoms with Gasteiger partial charge in [0.15, 0.2) is 0 Å². The van der Waals surface area contributed by atoms with Gasteiger partial charge in [0, 0.05) is 25.3 Å². The highest BCUT2D eigenvalue weighted by Crippen LogP contribution is 2.22. The number of rotatable bonds is 7. The highest BCUT2D eigenvalue weighted by molar-refractivity contribution is 7.07. The second-order valence-corrected chi connectivity index (χ2v) is 6.99. The summed E-state index contributed by atoms with van der Waals surface area (Å²) >= 11 is 1.58. The second-order valence-electron chi connectivity index (χ2n) is 6.21. The maximum absolute atomic E-state index is 13.1. The van der Waals surface area contributed by atoms with Crippen LogP contribution in [0.15, 0.2) is 35.0 Å². The molecule has 1 aromatic carbocycles. The molecule has 0 bridgehead atoms. The lowest BCUT2D eigenvalue weighted by molar-refractivity contribution is 0.0507. The van der Waals surface area contributed by atoms with Gasteiger partial charge in [0.05, 0.1) is 18.8 Å². The molecule has 1 aromatic heterocycles. The zero-order valence-electron chi connectivity index (χ0n) is 14.5. The maximum atomic E-state index is 13.1. The number of hydrogen-bond donors (Lipinski definition) is 1. The summed E-state index contributed by atoms with van der Waals surface area (Å²) in [7, 11) is 1.45. The maximum Gasteiger partial charge on any atom is 0.335 e. The fourth-order valence-corrected chi connectivity index (χ4v) is 3.66. The summed E-state index contributed by atoms with van der Waals surface area (Å²) in [6.07, 6.45) is 1.93. The van der Waals surface area contributed by atoms with Crippen LogP contribution in [0.2, 0.25) is 0 Å². The molecule has 7 heteroatoms. The Balaban J connectivity index is 1.87. The molecule has 1 atom stereocenters. The molecule has 2 aromatic rings. The molecule has 0 aliphatic carbocycles. The van der Waals surface area contributed by atoms with Crippen molar-refractivity contribution >= 4 is 23.2 Å². The minimum atomic E-state index is -1.10. The highest BCUT2D eigenvalue weighted by Gasteiger charge is 2.25. The van der Waals surface area contributed by atoms with Crippen LogP contribution in [0.5, 0.6) is 5.75 Å². The first kappa shape index (κ1) is 18.4. The average molecular weight is 375 g/mol. The largest absolute Gasteiger partial charge is 0.497 e.